The van der Waals surface area contributed by atoms with Crippen LogP contribution in [0.2, 0.25) is 0 Å². The highest BCUT2D eigenvalue weighted by atomic mass is 16.2. The molecule has 82 valence electrons. The van der Waals surface area contributed by atoms with Gasteiger partial charge in [0.2, 0.25) is 0 Å². The van der Waals surface area contributed by atoms with E-state index < -0.39 is 0 Å². The van der Waals surface area contributed by atoms with Crippen LogP contribution >= 0.6 is 0 Å². The number of nitrogens with zero attached hydrogens (tertiary/aromatic N) is 2. The molecule has 1 saturated carbocycles. The largest absolute Gasteiger partial charge is 0.335 e. The summed E-state index contributed by atoms with van der Waals surface area (Å²) in [6, 6.07) is 2.20. The van der Waals surface area contributed by atoms with Gasteiger partial charge in [-0.25, -0.2) is 4.79 Å². The molecule has 1 aromatic rings. The Morgan fingerprint density at radius 1 is 1.67 bits per heavy atom. The summed E-state index contributed by atoms with van der Waals surface area (Å²) in [7, 11) is 1.86. The molecule has 0 aliphatic heterocycles. The predicted molar refractivity (Wildman–Crippen MR) is 56.2 cm³/mol. The molecule has 1 fully saturated rings. The van der Waals surface area contributed by atoms with Crippen molar-refractivity contribution in [1.29, 1.82) is 0 Å². The van der Waals surface area contributed by atoms with Gasteiger partial charge in [-0.1, -0.05) is 0 Å². The van der Waals surface area contributed by atoms with Crippen molar-refractivity contribution in [1.82, 2.24) is 20.4 Å². The van der Waals surface area contributed by atoms with Crippen LogP contribution < -0.4 is 10.6 Å². The third-order valence-electron chi connectivity index (χ3n) is 2.79. The van der Waals surface area contributed by atoms with Crippen LogP contribution in [0, 0.1) is 0 Å². The van der Waals surface area contributed by atoms with Gasteiger partial charge in [0.15, 0.2) is 0 Å². The van der Waals surface area contributed by atoms with Gasteiger partial charge in [-0.3, -0.25) is 4.68 Å². The lowest BCUT2D eigenvalue weighted by molar-refractivity contribution is 0.228. The van der Waals surface area contributed by atoms with Gasteiger partial charge in [0.1, 0.15) is 0 Å². The highest BCUT2D eigenvalue weighted by molar-refractivity contribution is 5.74. The number of aromatic nitrogens is 2. The third-order valence-corrected chi connectivity index (χ3v) is 2.79. The van der Waals surface area contributed by atoms with Crippen LogP contribution in [0.1, 0.15) is 25.0 Å². The van der Waals surface area contributed by atoms with Gasteiger partial charge in [0.25, 0.3) is 0 Å². The number of hydrogen-bond donors (Lipinski definition) is 2. The monoisotopic (exact) mass is 208 g/mol. The fourth-order valence-electron chi connectivity index (χ4n) is 1.53. The molecule has 15 heavy (non-hydrogen) atoms. The normalized spacial score (nSPS) is 15.8. The molecule has 0 saturated heterocycles. The summed E-state index contributed by atoms with van der Waals surface area (Å²) in [5.41, 5.74) is 0.999. The van der Waals surface area contributed by atoms with Crippen LogP contribution in [-0.4, -0.2) is 21.9 Å². The molecule has 1 aromatic heterocycles. The van der Waals surface area contributed by atoms with E-state index >= 15 is 0 Å². The molecule has 0 spiro atoms. The maximum atomic E-state index is 11.4. The molecule has 2 N–H and O–H groups in total. The molecule has 5 nitrogen and oxygen atoms in total. The van der Waals surface area contributed by atoms with Crippen LogP contribution in [0.15, 0.2) is 12.3 Å². The molecule has 0 aromatic carbocycles. The highest BCUT2D eigenvalue weighted by Crippen LogP contribution is 2.17. The Labute approximate surface area is 88.8 Å². The van der Waals surface area contributed by atoms with Gasteiger partial charge in [-0.05, 0) is 25.3 Å². The standard InChI is InChI=1S/C10H16N4O/c1-14-9(5-6-12-14)7-11-10(15)13-8-3-2-4-8/h5-6,8H,2-4,7H2,1H3,(H2,11,13,15). The number of urea groups is 1. The number of carbonyl (C=O) groups excluding carboxylic acids is 1. The lowest BCUT2D eigenvalue weighted by Crippen LogP contribution is -2.45. The van der Waals surface area contributed by atoms with Crippen molar-refractivity contribution in [2.45, 2.75) is 31.8 Å². The summed E-state index contributed by atoms with van der Waals surface area (Å²) in [4.78, 5) is 11.4. The molecule has 2 amide bonds. The van der Waals surface area contributed by atoms with Gasteiger partial charge >= 0.3 is 6.03 Å². The molecule has 0 radical (unpaired) electrons. The van der Waals surface area contributed by atoms with Crippen molar-refractivity contribution < 1.29 is 4.79 Å². The van der Waals surface area contributed by atoms with Crippen LogP contribution in [0.5, 0.6) is 0 Å². The molecule has 0 unspecified atom stereocenters. The molecule has 2 rings (SSSR count). The lowest BCUT2D eigenvalue weighted by atomic mass is 9.93. The Morgan fingerprint density at radius 3 is 3.00 bits per heavy atom. The lowest BCUT2D eigenvalue weighted by Gasteiger charge is -2.26. The smallest absolute Gasteiger partial charge is 0.315 e. The van der Waals surface area contributed by atoms with Gasteiger partial charge in [-0.2, -0.15) is 5.10 Å². The van der Waals surface area contributed by atoms with E-state index in [0.29, 0.717) is 12.6 Å². The first-order chi connectivity index (χ1) is 7.25. The van der Waals surface area contributed by atoms with Gasteiger partial charge < -0.3 is 10.6 Å². The molecule has 5 heteroatoms. The van der Waals surface area contributed by atoms with E-state index in [2.05, 4.69) is 15.7 Å². The average Bonchev–Trinajstić information content (AvgIpc) is 2.55. The number of amides is 2. The Morgan fingerprint density at radius 2 is 2.47 bits per heavy atom. The van der Waals surface area contributed by atoms with E-state index in [1.165, 1.54) is 6.42 Å². The first-order valence-corrected chi connectivity index (χ1v) is 5.27. The number of rotatable bonds is 3. The van der Waals surface area contributed by atoms with Crippen molar-refractivity contribution in [3.8, 4) is 0 Å². The number of nitrogens with one attached hydrogen (secondary N) is 2. The van der Waals surface area contributed by atoms with Crippen LogP contribution in [0.4, 0.5) is 4.79 Å². The summed E-state index contributed by atoms with van der Waals surface area (Å²) in [5.74, 6) is 0. The van der Waals surface area contributed by atoms with Crippen molar-refractivity contribution in [2.75, 3.05) is 0 Å². The van der Waals surface area contributed by atoms with Gasteiger partial charge in [0, 0.05) is 19.3 Å². The number of carbonyl (C=O) groups is 1. The summed E-state index contributed by atoms with van der Waals surface area (Å²) in [6.07, 6.45) is 5.17. The highest BCUT2D eigenvalue weighted by Gasteiger charge is 2.18. The minimum Gasteiger partial charge on any atom is -0.335 e. The molecule has 0 bridgehead atoms. The average molecular weight is 208 g/mol. The summed E-state index contributed by atoms with van der Waals surface area (Å²) >= 11 is 0. The minimum absolute atomic E-state index is 0.0825. The van der Waals surface area contributed by atoms with Gasteiger partial charge in [-0.15, -0.1) is 0 Å². The Balaban J connectivity index is 1.73. The van der Waals surface area contributed by atoms with E-state index in [0.717, 1.165) is 18.5 Å². The van der Waals surface area contributed by atoms with Crippen molar-refractivity contribution in [3.63, 3.8) is 0 Å². The van der Waals surface area contributed by atoms with Crippen LogP contribution in [-0.2, 0) is 13.6 Å². The number of aryl methyl sites for hydroxylation is 1. The second-order valence-electron chi connectivity index (χ2n) is 3.90. The van der Waals surface area contributed by atoms with Crippen molar-refractivity contribution in [3.05, 3.63) is 18.0 Å². The summed E-state index contributed by atoms with van der Waals surface area (Å²) in [5, 5.41) is 9.76. The molecule has 1 aliphatic rings. The van der Waals surface area contributed by atoms with Gasteiger partial charge in [0.05, 0.1) is 12.2 Å². The van der Waals surface area contributed by atoms with Crippen molar-refractivity contribution in [2.24, 2.45) is 7.05 Å². The Bertz CT molecular complexity index is 343. The topological polar surface area (TPSA) is 59.0 Å². The van der Waals surface area contributed by atoms with E-state index in [1.807, 2.05) is 13.1 Å². The SMILES string of the molecule is Cn1nccc1CNC(=O)NC1CCC1. The zero-order valence-electron chi connectivity index (χ0n) is 8.86. The van der Waals surface area contributed by atoms with E-state index in [1.54, 1.807) is 10.9 Å². The fourth-order valence-corrected chi connectivity index (χ4v) is 1.53. The maximum absolute atomic E-state index is 11.4. The van der Waals surface area contributed by atoms with E-state index in [-0.39, 0.29) is 6.03 Å². The minimum atomic E-state index is -0.0825. The number of hydrogen-bond acceptors (Lipinski definition) is 2. The zero-order valence-corrected chi connectivity index (χ0v) is 8.86. The molecule has 1 aliphatic carbocycles. The second kappa shape index (κ2) is 4.33. The molecule has 0 atom stereocenters. The molecule has 1 heterocycles. The fraction of sp³-hybridized carbons (Fsp3) is 0.600. The first kappa shape index (κ1) is 10.0. The Kier molecular flexibility index (Phi) is 2.89. The quantitative estimate of drug-likeness (QED) is 0.771. The molecular formula is C10H16N4O. The maximum Gasteiger partial charge on any atom is 0.315 e. The Hall–Kier alpha value is -1.52. The van der Waals surface area contributed by atoms with Crippen LogP contribution in [0.25, 0.3) is 0 Å². The van der Waals surface area contributed by atoms with Crippen LogP contribution in [0.3, 0.4) is 0 Å². The van der Waals surface area contributed by atoms with E-state index in [9.17, 15) is 4.79 Å². The molecular weight excluding hydrogens is 192 g/mol. The summed E-state index contributed by atoms with van der Waals surface area (Å²) < 4.78 is 1.75. The predicted octanol–water partition coefficient (Wildman–Crippen LogP) is 0.772. The second-order valence-corrected chi connectivity index (χ2v) is 3.90. The zero-order chi connectivity index (χ0) is 10.7. The van der Waals surface area contributed by atoms with E-state index in [4.69, 9.17) is 0 Å². The third kappa shape index (κ3) is 2.49. The van der Waals surface area contributed by atoms with Crippen molar-refractivity contribution >= 4 is 6.03 Å². The first-order valence-electron chi connectivity index (χ1n) is 5.27. The summed E-state index contributed by atoms with van der Waals surface area (Å²) in [6.45, 7) is 0.523.